The van der Waals surface area contributed by atoms with Crippen molar-refractivity contribution in [3.05, 3.63) is 83.0 Å². The lowest BCUT2D eigenvalue weighted by Crippen LogP contribution is -2.27. The van der Waals surface area contributed by atoms with Crippen LogP contribution in [0.2, 0.25) is 0 Å². The van der Waals surface area contributed by atoms with Crippen molar-refractivity contribution in [3.8, 4) is 0 Å². The molecule has 1 heterocycles. The van der Waals surface area contributed by atoms with Gasteiger partial charge in [0.15, 0.2) is 5.16 Å². The van der Waals surface area contributed by atoms with Crippen LogP contribution in [0.25, 0.3) is 0 Å². The molecule has 6 heteroatoms. The Balaban J connectivity index is 1.65. The van der Waals surface area contributed by atoms with E-state index in [4.69, 9.17) is 4.98 Å². The van der Waals surface area contributed by atoms with E-state index in [1.807, 2.05) is 62.5 Å². The first-order chi connectivity index (χ1) is 14.9. The number of nitrogens with zero attached hydrogens (tertiary/aromatic N) is 3. The maximum absolute atomic E-state index is 12.3. The molecule has 31 heavy (non-hydrogen) atoms. The average Bonchev–Trinajstić information content (AvgIpc) is 2.76. The van der Waals surface area contributed by atoms with Crippen LogP contribution >= 0.6 is 11.8 Å². The van der Waals surface area contributed by atoms with E-state index < -0.39 is 0 Å². The molecule has 1 aromatic heterocycles. The summed E-state index contributed by atoms with van der Waals surface area (Å²) in [6.45, 7) is 7.62. The molecule has 0 unspecified atom stereocenters. The van der Waals surface area contributed by atoms with Crippen LogP contribution in [0.15, 0.2) is 65.8 Å². The molecule has 0 bridgehead atoms. The Bertz CT molecular complexity index is 1010. The molecule has 2 aromatic carbocycles. The van der Waals surface area contributed by atoms with E-state index in [2.05, 4.69) is 41.2 Å². The molecule has 0 fully saturated rings. The Morgan fingerprint density at radius 2 is 1.77 bits per heavy atom. The van der Waals surface area contributed by atoms with Crippen LogP contribution in [0.1, 0.15) is 41.0 Å². The average molecular weight is 435 g/mol. The lowest BCUT2D eigenvalue weighted by molar-refractivity contribution is 0.0949. The zero-order chi connectivity index (χ0) is 22.2. The molecule has 5 nitrogen and oxygen atoms in total. The van der Waals surface area contributed by atoms with Crippen LogP contribution < -0.4 is 10.2 Å². The van der Waals surface area contributed by atoms with Gasteiger partial charge in [0.1, 0.15) is 5.82 Å². The SMILES string of the molecule is Cc1cc(N(C)Cc2ccccc2)nc(SCc2cccc(C(=O)NCC(C)C)c2)n1. The van der Waals surface area contributed by atoms with Crippen LogP contribution in [-0.2, 0) is 12.3 Å². The van der Waals surface area contributed by atoms with Gasteiger partial charge in [0.25, 0.3) is 5.91 Å². The maximum Gasteiger partial charge on any atom is 0.251 e. The lowest BCUT2D eigenvalue weighted by Gasteiger charge is -2.19. The van der Waals surface area contributed by atoms with Gasteiger partial charge in [-0.25, -0.2) is 9.97 Å². The van der Waals surface area contributed by atoms with Crippen LogP contribution in [0.4, 0.5) is 5.82 Å². The number of benzene rings is 2. The Morgan fingerprint density at radius 1 is 1.03 bits per heavy atom. The number of carbonyl (C=O) groups is 1. The number of hydrogen-bond acceptors (Lipinski definition) is 5. The molecule has 0 atom stereocenters. The minimum atomic E-state index is -0.0304. The Morgan fingerprint density at radius 3 is 2.52 bits per heavy atom. The second kappa shape index (κ2) is 11.0. The maximum atomic E-state index is 12.3. The molecule has 0 saturated heterocycles. The minimum absolute atomic E-state index is 0.0304. The normalized spacial score (nSPS) is 10.9. The van der Waals surface area contributed by atoms with Crippen molar-refractivity contribution in [1.29, 1.82) is 0 Å². The van der Waals surface area contributed by atoms with Gasteiger partial charge in [-0.3, -0.25) is 4.79 Å². The van der Waals surface area contributed by atoms with Crippen molar-refractivity contribution in [2.75, 3.05) is 18.5 Å². The van der Waals surface area contributed by atoms with Crippen LogP contribution in [0, 0.1) is 12.8 Å². The Kier molecular flexibility index (Phi) is 8.06. The van der Waals surface area contributed by atoms with Gasteiger partial charge in [0.2, 0.25) is 0 Å². The molecule has 1 amide bonds. The van der Waals surface area contributed by atoms with E-state index in [1.165, 1.54) is 5.56 Å². The Labute approximate surface area is 189 Å². The largest absolute Gasteiger partial charge is 0.355 e. The fourth-order valence-corrected chi connectivity index (χ4v) is 3.91. The highest BCUT2D eigenvalue weighted by atomic mass is 32.2. The summed E-state index contributed by atoms with van der Waals surface area (Å²) in [5.74, 6) is 2.00. The van der Waals surface area contributed by atoms with Gasteiger partial charge in [-0.05, 0) is 36.1 Å². The molecule has 162 valence electrons. The highest BCUT2D eigenvalue weighted by molar-refractivity contribution is 7.98. The molecule has 3 aromatic rings. The summed E-state index contributed by atoms with van der Waals surface area (Å²) in [6, 6.07) is 20.1. The second-order valence-corrected chi connectivity index (χ2v) is 9.03. The summed E-state index contributed by atoms with van der Waals surface area (Å²) in [6.07, 6.45) is 0. The number of nitrogens with one attached hydrogen (secondary N) is 1. The molecular weight excluding hydrogens is 404 g/mol. The summed E-state index contributed by atoms with van der Waals surface area (Å²) in [5, 5.41) is 3.71. The van der Waals surface area contributed by atoms with E-state index in [0.29, 0.717) is 23.8 Å². The number of aromatic nitrogens is 2. The van der Waals surface area contributed by atoms with Crippen molar-refractivity contribution in [2.24, 2.45) is 5.92 Å². The highest BCUT2D eigenvalue weighted by Crippen LogP contribution is 2.23. The van der Waals surface area contributed by atoms with E-state index in [1.54, 1.807) is 11.8 Å². The van der Waals surface area contributed by atoms with Gasteiger partial charge < -0.3 is 10.2 Å². The number of amides is 1. The third-order valence-corrected chi connectivity index (χ3v) is 5.62. The van der Waals surface area contributed by atoms with Crippen molar-refractivity contribution in [3.63, 3.8) is 0 Å². The monoisotopic (exact) mass is 434 g/mol. The van der Waals surface area contributed by atoms with Crippen molar-refractivity contribution in [1.82, 2.24) is 15.3 Å². The van der Waals surface area contributed by atoms with Crippen LogP contribution in [0.5, 0.6) is 0 Å². The predicted octanol–water partition coefficient (Wildman–Crippen LogP) is 5.10. The number of hydrogen-bond donors (Lipinski definition) is 1. The van der Waals surface area contributed by atoms with Gasteiger partial charge in [-0.1, -0.05) is 68.1 Å². The first-order valence-electron chi connectivity index (χ1n) is 10.5. The van der Waals surface area contributed by atoms with Crippen molar-refractivity contribution >= 4 is 23.5 Å². The smallest absolute Gasteiger partial charge is 0.251 e. The van der Waals surface area contributed by atoms with E-state index in [0.717, 1.165) is 28.8 Å². The minimum Gasteiger partial charge on any atom is -0.355 e. The van der Waals surface area contributed by atoms with Gasteiger partial charge in [-0.15, -0.1) is 0 Å². The lowest BCUT2D eigenvalue weighted by atomic mass is 10.1. The molecule has 0 aliphatic carbocycles. The molecular formula is C25H30N4OS. The number of thioether (sulfide) groups is 1. The van der Waals surface area contributed by atoms with E-state index in [-0.39, 0.29) is 5.91 Å². The van der Waals surface area contributed by atoms with Crippen molar-refractivity contribution in [2.45, 2.75) is 38.2 Å². The van der Waals surface area contributed by atoms with Gasteiger partial charge >= 0.3 is 0 Å². The van der Waals surface area contributed by atoms with Gasteiger partial charge in [0.05, 0.1) is 0 Å². The standard InChI is InChI=1S/C25H30N4OS/c1-18(2)15-26-24(30)22-12-8-11-21(14-22)17-31-25-27-19(3)13-23(28-25)29(4)16-20-9-6-5-7-10-20/h5-14,18H,15-17H2,1-4H3,(H,26,30). The summed E-state index contributed by atoms with van der Waals surface area (Å²) < 4.78 is 0. The zero-order valence-corrected chi connectivity index (χ0v) is 19.4. The molecule has 0 spiro atoms. The summed E-state index contributed by atoms with van der Waals surface area (Å²) in [5.41, 5.74) is 3.94. The Hall–Kier alpha value is -2.86. The van der Waals surface area contributed by atoms with E-state index in [9.17, 15) is 4.79 Å². The van der Waals surface area contributed by atoms with Crippen molar-refractivity contribution < 1.29 is 4.79 Å². The topological polar surface area (TPSA) is 58.1 Å². The number of anilines is 1. The van der Waals surface area contributed by atoms with Crippen LogP contribution in [-0.4, -0.2) is 29.5 Å². The molecule has 0 saturated carbocycles. The number of rotatable bonds is 9. The summed E-state index contributed by atoms with van der Waals surface area (Å²) in [7, 11) is 2.04. The predicted molar refractivity (Wildman–Crippen MR) is 128 cm³/mol. The first-order valence-corrected chi connectivity index (χ1v) is 11.5. The number of aryl methyl sites for hydroxylation is 1. The zero-order valence-electron chi connectivity index (χ0n) is 18.6. The first kappa shape index (κ1) is 22.8. The molecule has 0 aliphatic rings. The fourth-order valence-electron chi connectivity index (χ4n) is 3.07. The second-order valence-electron chi connectivity index (χ2n) is 8.08. The fraction of sp³-hybridized carbons (Fsp3) is 0.320. The van der Waals surface area contributed by atoms with Gasteiger partial charge in [-0.2, -0.15) is 0 Å². The molecule has 0 aliphatic heterocycles. The third kappa shape index (κ3) is 7.10. The number of carbonyl (C=O) groups excluding carboxylic acids is 1. The van der Waals surface area contributed by atoms with Crippen LogP contribution in [0.3, 0.4) is 0 Å². The van der Waals surface area contributed by atoms with Gasteiger partial charge in [0, 0.05) is 43.2 Å². The molecule has 1 N–H and O–H groups in total. The summed E-state index contributed by atoms with van der Waals surface area (Å²) in [4.78, 5) is 23.8. The summed E-state index contributed by atoms with van der Waals surface area (Å²) >= 11 is 1.58. The van der Waals surface area contributed by atoms with E-state index >= 15 is 0 Å². The quantitative estimate of drug-likeness (QED) is 0.375. The molecule has 3 rings (SSSR count). The highest BCUT2D eigenvalue weighted by Gasteiger charge is 2.10. The third-order valence-electron chi connectivity index (χ3n) is 4.70. The molecule has 0 radical (unpaired) electrons.